The average molecular weight is 441 g/mol. The van der Waals surface area contributed by atoms with E-state index in [9.17, 15) is 0 Å². The molecule has 0 aliphatic carbocycles. The first-order valence-electron chi connectivity index (χ1n) is 10.9. The standard InChI is InChI=1S/C27H32N6/c1-7-13-20-17(10-4)16-29-24(20)31-27-22(15-9-3)19(12-6)26(33-27)32-25-18(11-5)21(14-8-2)23(28)30-25/h7-15,23,33H,1-2,6,16,28H2,3-5H3,(H,29,31)(H,30,32)/b15-9-,17-10-,18-11+,20-13+,21-14+. The first-order chi connectivity index (χ1) is 16.0. The first-order valence-corrected chi connectivity index (χ1v) is 10.9. The Labute approximate surface area is 196 Å². The molecular weight excluding hydrogens is 408 g/mol. The van der Waals surface area contributed by atoms with Gasteiger partial charge in [-0.05, 0) is 26.3 Å². The van der Waals surface area contributed by atoms with Gasteiger partial charge < -0.3 is 21.4 Å². The summed E-state index contributed by atoms with van der Waals surface area (Å²) in [4.78, 5) is 12.7. The molecule has 0 saturated heterocycles. The Hall–Kier alpha value is -3.90. The largest absolute Gasteiger partial charge is 0.327 e. The number of aliphatic imine (C=N–C) groups is 2. The molecule has 0 amide bonds. The summed E-state index contributed by atoms with van der Waals surface area (Å²) in [5, 5.41) is 6.90. The lowest BCUT2D eigenvalue weighted by Gasteiger charge is -2.09. The Bertz CT molecular complexity index is 1180. The normalized spacial score (nSPS) is 23.0. The van der Waals surface area contributed by atoms with Crippen molar-refractivity contribution in [2.45, 2.75) is 26.9 Å². The summed E-state index contributed by atoms with van der Waals surface area (Å²) in [6.45, 7) is 18.3. The highest BCUT2D eigenvalue weighted by atomic mass is 15.2. The van der Waals surface area contributed by atoms with Crippen molar-refractivity contribution >= 4 is 35.5 Å². The number of aromatic amines is 1. The lowest BCUT2D eigenvalue weighted by Crippen LogP contribution is -2.16. The fourth-order valence-electron chi connectivity index (χ4n) is 3.95. The van der Waals surface area contributed by atoms with Crippen LogP contribution in [-0.2, 0) is 0 Å². The van der Waals surface area contributed by atoms with Crippen LogP contribution in [0, 0.1) is 0 Å². The van der Waals surface area contributed by atoms with Crippen LogP contribution in [0.2, 0.25) is 0 Å². The molecular formula is C27H32N6. The number of hydrogen-bond donors (Lipinski definition) is 4. The number of aromatic nitrogens is 1. The predicted octanol–water partition coefficient (Wildman–Crippen LogP) is 5.74. The van der Waals surface area contributed by atoms with Crippen LogP contribution in [-0.4, -0.2) is 29.4 Å². The molecule has 1 atom stereocenters. The molecule has 5 N–H and O–H groups in total. The van der Waals surface area contributed by atoms with Gasteiger partial charge in [0.25, 0.3) is 0 Å². The second kappa shape index (κ2) is 10.6. The smallest absolute Gasteiger partial charge is 0.136 e. The molecule has 0 spiro atoms. The molecule has 0 radical (unpaired) electrons. The number of hydrogen-bond acceptors (Lipinski definition) is 5. The Morgan fingerprint density at radius 3 is 2.24 bits per heavy atom. The van der Waals surface area contributed by atoms with Gasteiger partial charge in [-0.25, -0.2) is 4.99 Å². The van der Waals surface area contributed by atoms with Crippen molar-refractivity contribution in [1.82, 2.24) is 4.98 Å². The van der Waals surface area contributed by atoms with Crippen LogP contribution >= 0.6 is 0 Å². The number of nitrogens with one attached hydrogen (secondary N) is 3. The zero-order valence-electron chi connectivity index (χ0n) is 19.6. The first kappa shape index (κ1) is 23.8. The van der Waals surface area contributed by atoms with E-state index < -0.39 is 6.17 Å². The van der Waals surface area contributed by atoms with E-state index in [2.05, 4.69) is 51.4 Å². The number of anilines is 2. The van der Waals surface area contributed by atoms with Crippen molar-refractivity contribution in [1.29, 1.82) is 0 Å². The second-order valence-corrected chi connectivity index (χ2v) is 7.43. The van der Waals surface area contributed by atoms with E-state index in [1.165, 1.54) is 0 Å². The van der Waals surface area contributed by atoms with Gasteiger partial charge in [-0.15, -0.1) is 0 Å². The maximum Gasteiger partial charge on any atom is 0.136 e. The van der Waals surface area contributed by atoms with Crippen LogP contribution in [0.5, 0.6) is 0 Å². The van der Waals surface area contributed by atoms with E-state index in [0.29, 0.717) is 12.4 Å². The molecule has 0 saturated carbocycles. The number of allylic oxidation sites excluding steroid dienone is 7. The lowest BCUT2D eigenvalue weighted by atomic mass is 10.1. The fourth-order valence-corrected chi connectivity index (χ4v) is 3.95. The second-order valence-electron chi connectivity index (χ2n) is 7.43. The Balaban J connectivity index is 2.01. The summed E-state index contributed by atoms with van der Waals surface area (Å²) in [6, 6.07) is 0. The van der Waals surface area contributed by atoms with E-state index in [0.717, 1.165) is 50.9 Å². The van der Waals surface area contributed by atoms with Gasteiger partial charge in [0.2, 0.25) is 0 Å². The maximum atomic E-state index is 6.23. The molecule has 33 heavy (non-hydrogen) atoms. The van der Waals surface area contributed by atoms with Gasteiger partial charge in [0.05, 0.1) is 6.54 Å². The van der Waals surface area contributed by atoms with Gasteiger partial charge in [-0.3, -0.25) is 4.99 Å². The molecule has 1 unspecified atom stereocenters. The van der Waals surface area contributed by atoms with Crippen molar-refractivity contribution in [3.63, 3.8) is 0 Å². The molecule has 6 nitrogen and oxygen atoms in total. The zero-order chi connectivity index (χ0) is 24.0. The van der Waals surface area contributed by atoms with Crippen LogP contribution < -0.4 is 16.4 Å². The third kappa shape index (κ3) is 4.66. The van der Waals surface area contributed by atoms with Gasteiger partial charge >= 0.3 is 0 Å². The zero-order valence-corrected chi connectivity index (χ0v) is 19.6. The molecule has 6 heteroatoms. The summed E-state index contributed by atoms with van der Waals surface area (Å²) in [5.74, 6) is 3.07. The average Bonchev–Trinajstić information content (AvgIpc) is 3.43. The van der Waals surface area contributed by atoms with Crippen molar-refractivity contribution in [3.8, 4) is 0 Å². The van der Waals surface area contributed by atoms with Crippen LogP contribution in [0.25, 0.3) is 12.2 Å². The van der Waals surface area contributed by atoms with Crippen molar-refractivity contribution in [3.05, 3.63) is 95.7 Å². The van der Waals surface area contributed by atoms with Gasteiger partial charge in [0.1, 0.15) is 29.5 Å². The fraction of sp³-hybridized carbons (Fsp3) is 0.185. The van der Waals surface area contributed by atoms with Crippen molar-refractivity contribution in [2.75, 3.05) is 17.2 Å². The van der Waals surface area contributed by atoms with E-state index >= 15 is 0 Å². The van der Waals surface area contributed by atoms with Crippen LogP contribution in [0.15, 0.2) is 94.5 Å². The summed E-state index contributed by atoms with van der Waals surface area (Å²) < 4.78 is 0. The van der Waals surface area contributed by atoms with Crippen LogP contribution in [0.3, 0.4) is 0 Å². The van der Waals surface area contributed by atoms with E-state index in [4.69, 9.17) is 5.73 Å². The monoisotopic (exact) mass is 440 g/mol. The molecule has 2 aliphatic heterocycles. The number of H-pyrrole nitrogens is 1. The van der Waals surface area contributed by atoms with E-state index in [-0.39, 0.29) is 0 Å². The topological polar surface area (TPSA) is 90.6 Å². The minimum absolute atomic E-state index is 0.440. The maximum absolute atomic E-state index is 6.23. The highest BCUT2D eigenvalue weighted by Gasteiger charge is 2.27. The van der Waals surface area contributed by atoms with Crippen LogP contribution in [0.4, 0.5) is 11.6 Å². The van der Waals surface area contributed by atoms with Gasteiger partial charge in [-0.2, -0.15) is 0 Å². The summed E-state index contributed by atoms with van der Waals surface area (Å²) in [5.41, 5.74) is 12.2. The van der Waals surface area contributed by atoms with E-state index in [1.807, 2.05) is 57.2 Å². The summed E-state index contributed by atoms with van der Waals surface area (Å²) in [7, 11) is 0. The Morgan fingerprint density at radius 2 is 1.64 bits per heavy atom. The molecule has 1 aromatic heterocycles. The molecule has 1 aromatic rings. The van der Waals surface area contributed by atoms with Crippen molar-refractivity contribution in [2.24, 2.45) is 15.7 Å². The third-order valence-corrected chi connectivity index (χ3v) is 5.48. The minimum atomic E-state index is -0.440. The van der Waals surface area contributed by atoms with Gasteiger partial charge in [0.15, 0.2) is 0 Å². The van der Waals surface area contributed by atoms with Gasteiger partial charge in [-0.1, -0.05) is 74.4 Å². The number of rotatable bonds is 6. The quantitative estimate of drug-likeness (QED) is 0.454. The molecule has 3 rings (SSSR count). The van der Waals surface area contributed by atoms with Crippen molar-refractivity contribution < 1.29 is 0 Å². The van der Waals surface area contributed by atoms with Crippen LogP contribution in [0.1, 0.15) is 31.9 Å². The molecule has 170 valence electrons. The van der Waals surface area contributed by atoms with E-state index in [1.54, 1.807) is 12.2 Å². The number of amidine groups is 2. The highest BCUT2D eigenvalue weighted by molar-refractivity contribution is 6.16. The lowest BCUT2D eigenvalue weighted by molar-refractivity contribution is 0.862. The highest BCUT2D eigenvalue weighted by Crippen LogP contribution is 2.33. The third-order valence-electron chi connectivity index (χ3n) is 5.48. The summed E-state index contributed by atoms with van der Waals surface area (Å²) >= 11 is 0. The number of nitrogens with zero attached hydrogens (tertiary/aromatic N) is 2. The number of nitrogens with two attached hydrogens (primary N) is 1. The predicted molar refractivity (Wildman–Crippen MR) is 145 cm³/mol. The molecule has 0 bridgehead atoms. The summed E-state index contributed by atoms with van der Waals surface area (Å²) in [6.07, 6.45) is 16.8. The Kier molecular flexibility index (Phi) is 7.64. The Morgan fingerprint density at radius 1 is 0.939 bits per heavy atom. The van der Waals surface area contributed by atoms with Gasteiger partial charge in [0, 0.05) is 27.8 Å². The minimum Gasteiger partial charge on any atom is -0.327 e. The molecule has 0 aromatic carbocycles. The molecule has 0 fully saturated rings. The molecule has 3 heterocycles. The SMILES string of the molecule is C=C/C=C1/C(Nc2[nH]c(NC3=NC(N)C(=C/C=C)/C3=C\C)c(C=C)c2/C=C\C)=NC/C1=C/C. The molecule has 2 aliphatic rings.